The molecule has 2 aromatic rings. The van der Waals surface area contributed by atoms with Crippen molar-refractivity contribution in [3.05, 3.63) is 91.4 Å². The molecule has 0 fully saturated rings. The molecule has 0 radical (unpaired) electrons. The van der Waals surface area contributed by atoms with Crippen molar-refractivity contribution in [2.24, 2.45) is 9.98 Å². The number of aliphatic hydroxyl groups is 2. The molecule has 0 aliphatic rings. The molecule has 0 aliphatic carbocycles. The van der Waals surface area contributed by atoms with Gasteiger partial charge in [-0.1, -0.05) is 35.4 Å². The highest BCUT2D eigenvalue weighted by molar-refractivity contribution is 6.13. The third-order valence-corrected chi connectivity index (χ3v) is 6.63. The Morgan fingerprint density at radius 1 is 0.605 bits per heavy atom. The highest BCUT2D eigenvalue weighted by atomic mass is 16.3. The van der Waals surface area contributed by atoms with Crippen LogP contribution in [0.15, 0.2) is 56.9 Å². The molecule has 6 heteroatoms. The number of hydrogen-bond donors (Lipinski definition) is 2. The average Bonchev–Trinajstić information content (AvgIpc) is 2.74. The van der Waals surface area contributed by atoms with Gasteiger partial charge in [-0.15, -0.1) is 0 Å². The summed E-state index contributed by atoms with van der Waals surface area (Å²) < 4.78 is 0. The van der Waals surface area contributed by atoms with Gasteiger partial charge in [-0.3, -0.25) is 19.6 Å². The fourth-order valence-corrected chi connectivity index (χ4v) is 5.13. The molecule has 2 N–H and O–H groups in total. The second-order valence-electron chi connectivity index (χ2n) is 10.2. The largest absolute Gasteiger partial charge is 0.512 e. The number of ketones is 2. The summed E-state index contributed by atoms with van der Waals surface area (Å²) in [6.45, 7) is 17.8. The first-order valence-electron chi connectivity index (χ1n) is 12.7. The van der Waals surface area contributed by atoms with Crippen molar-refractivity contribution >= 4 is 24.0 Å². The van der Waals surface area contributed by atoms with Gasteiger partial charge in [0.15, 0.2) is 11.6 Å². The standard InChI is InChI=1S/C32H40N2O4/c1-17-11-19(3)29(20(4)12-17)31(33-15-27(23(7)35)24(8)36)32(34-16-28(25(9)37)26(10)38)30-21(5)13-18(2)14-22(30)6/h11-16,31-32,35,37H,1-10H3/t31-,32-/m0/s1. The van der Waals surface area contributed by atoms with Gasteiger partial charge < -0.3 is 10.2 Å². The van der Waals surface area contributed by atoms with E-state index in [1.54, 1.807) is 0 Å². The SMILES string of the molecule is CC(=O)C(C=N[C@@H](c1c(C)cc(C)cc1C)[C@@H](N=CC(C(C)=O)=C(C)O)c1c(C)cc(C)cc1C)=C(C)O. The molecule has 6 nitrogen and oxygen atoms in total. The summed E-state index contributed by atoms with van der Waals surface area (Å²) in [6.07, 6.45) is 2.84. The Balaban J connectivity index is 3.01. The molecule has 38 heavy (non-hydrogen) atoms. The first-order chi connectivity index (χ1) is 17.6. The second-order valence-corrected chi connectivity index (χ2v) is 10.2. The maximum atomic E-state index is 12.3. The number of aliphatic imine (C=N–C) groups is 2. The molecule has 2 atom stereocenters. The minimum Gasteiger partial charge on any atom is -0.512 e. The van der Waals surface area contributed by atoms with E-state index < -0.39 is 12.1 Å². The quantitative estimate of drug-likeness (QED) is 0.207. The van der Waals surface area contributed by atoms with Crippen LogP contribution in [0.3, 0.4) is 0 Å². The summed E-state index contributed by atoms with van der Waals surface area (Å²) in [5.74, 6) is -0.828. The first kappa shape index (κ1) is 30.4. The van der Waals surface area contributed by atoms with Crippen LogP contribution in [0.2, 0.25) is 0 Å². The minimum atomic E-state index is -0.590. The molecule has 2 aromatic carbocycles. The smallest absolute Gasteiger partial charge is 0.164 e. The van der Waals surface area contributed by atoms with Crippen LogP contribution in [0.5, 0.6) is 0 Å². The topological polar surface area (TPSA) is 99.3 Å². The molecule has 0 saturated carbocycles. The van der Waals surface area contributed by atoms with E-state index in [0.717, 1.165) is 44.5 Å². The molecule has 0 amide bonds. The van der Waals surface area contributed by atoms with Crippen molar-refractivity contribution in [2.75, 3.05) is 0 Å². The summed E-state index contributed by atoms with van der Waals surface area (Å²) in [5, 5.41) is 20.3. The molecule has 0 heterocycles. The predicted molar refractivity (Wildman–Crippen MR) is 156 cm³/mol. The molecule has 2 rings (SSSR count). The van der Waals surface area contributed by atoms with E-state index in [1.165, 1.54) is 40.1 Å². The zero-order valence-corrected chi connectivity index (χ0v) is 24.2. The number of allylic oxidation sites excluding steroid dienone is 4. The lowest BCUT2D eigenvalue weighted by atomic mass is 9.84. The van der Waals surface area contributed by atoms with Gasteiger partial charge in [-0.2, -0.15) is 0 Å². The molecule has 0 saturated heterocycles. The van der Waals surface area contributed by atoms with Crippen molar-refractivity contribution in [1.29, 1.82) is 0 Å². The number of aryl methyl sites for hydroxylation is 6. The van der Waals surface area contributed by atoms with Crippen molar-refractivity contribution in [3.63, 3.8) is 0 Å². The maximum Gasteiger partial charge on any atom is 0.164 e. The van der Waals surface area contributed by atoms with Crippen LogP contribution in [-0.4, -0.2) is 34.2 Å². The Bertz CT molecular complexity index is 1220. The molecule has 0 bridgehead atoms. The molecule has 0 aliphatic heterocycles. The summed E-state index contributed by atoms with van der Waals surface area (Å²) in [6, 6.07) is 7.15. The molecule has 0 spiro atoms. The van der Waals surface area contributed by atoms with Gasteiger partial charge in [0.05, 0.1) is 11.1 Å². The third-order valence-electron chi connectivity index (χ3n) is 6.63. The van der Waals surface area contributed by atoms with E-state index in [0.29, 0.717) is 0 Å². The lowest BCUT2D eigenvalue weighted by Gasteiger charge is -2.28. The summed E-state index contributed by atoms with van der Waals surface area (Å²) in [4.78, 5) is 34.3. The van der Waals surface area contributed by atoms with Crippen molar-refractivity contribution < 1.29 is 19.8 Å². The summed E-state index contributed by atoms with van der Waals surface area (Å²) in [5.41, 5.74) is 8.42. The van der Waals surface area contributed by atoms with Crippen molar-refractivity contribution in [1.82, 2.24) is 0 Å². The van der Waals surface area contributed by atoms with Gasteiger partial charge in [0.2, 0.25) is 0 Å². The van der Waals surface area contributed by atoms with Crippen LogP contribution in [-0.2, 0) is 9.59 Å². The Kier molecular flexibility index (Phi) is 10.1. The van der Waals surface area contributed by atoms with Crippen LogP contribution < -0.4 is 0 Å². The number of rotatable bonds is 9. The highest BCUT2D eigenvalue weighted by Crippen LogP contribution is 2.41. The fourth-order valence-electron chi connectivity index (χ4n) is 5.13. The fraction of sp³-hybridized carbons (Fsp3) is 0.375. The summed E-state index contributed by atoms with van der Waals surface area (Å²) >= 11 is 0. The maximum absolute atomic E-state index is 12.3. The van der Waals surface area contributed by atoms with Crippen LogP contribution in [0.1, 0.15) is 84.3 Å². The third kappa shape index (κ3) is 7.15. The normalized spacial score (nSPS) is 14.9. The van der Waals surface area contributed by atoms with E-state index in [9.17, 15) is 19.8 Å². The molecule has 202 valence electrons. The lowest BCUT2D eigenvalue weighted by Crippen LogP contribution is -2.16. The molecular weight excluding hydrogens is 476 g/mol. The number of nitrogens with zero attached hydrogens (tertiary/aromatic N) is 2. The lowest BCUT2D eigenvalue weighted by molar-refractivity contribution is -0.114. The zero-order chi connectivity index (χ0) is 28.9. The van der Waals surface area contributed by atoms with Gasteiger partial charge in [0, 0.05) is 12.4 Å². The van der Waals surface area contributed by atoms with Crippen molar-refractivity contribution in [3.8, 4) is 0 Å². The number of carbonyl (C=O) groups is 2. The van der Waals surface area contributed by atoms with Gasteiger partial charge in [0.25, 0.3) is 0 Å². The molecular formula is C32H40N2O4. The number of benzene rings is 2. The van der Waals surface area contributed by atoms with Crippen LogP contribution in [0.4, 0.5) is 0 Å². The Hall–Kier alpha value is -3.80. The average molecular weight is 517 g/mol. The number of Topliss-reactive ketones (excluding diaryl/α,β-unsaturated/α-hetero) is 2. The van der Waals surface area contributed by atoms with Gasteiger partial charge in [-0.05, 0) is 103 Å². The number of carbonyl (C=O) groups excluding carboxylic acids is 2. The van der Waals surface area contributed by atoms with Gasteiger partial charge >= 0.3 is 0 Å². The second kappa shape index (κ2) is 12.6. The Labute approximate surface area is 226 Å². The molecule has 0 unspecified atom stereocenters. The summed E-state index contributed by atoms with van der Waals surface area (Å²) in [7, 11) is 0. The van der Waals surface area contributed by atoms with E-state index in [4.69, 9.17) is 9.98 Å². The number of hydrogen-bond acceptors (Lipinski definition) is 6. The van der Waals surface area contributed by atoms with Crippen LogP contribution in [0.25, 0.3) is 0 Å². The van der Waals surface area contributed by atoms with Crippen LogP contribution in [0, 0.1) is 41.5 Å². The Morgan fingerprint density at radius 2 is 0.868 bits per heavy atom. The zero-order valence-electron chi connectivity index (χ0n) is 24.2. The van der Waals surface area contributed by atoms with Gasteiger partial charge in [-0.25, -0.2) is 0 Å². The first-order valence-corrected chi connectivity index (χ1v) is 12.7. The monoisotopic (exact) mass is 516 g/mol. The van der Waals surface area contributed by atoms with E-state index in [2.05, 4.69) is 24.3 Å². The van der Waals surface area contributed by atoms with E-state index in [1.807, 2.05) is 41.5 Å². The van der Waals surface area contributed by atoms with Gasteiger partial charge in [0.1, 0.15) is 23.6 Å². The van der Waals surface area contributed by atoms with E-state index in [-0.39, 0.29) is 34.2 Å². The predicted octanol–water partition coefficient (Wildman–Crippen LogP) is 7.30. The number of aliphatic hydroxyl groups excluding tert-OH is 2. The molecule has 0 aromatic heterocycles. The van der Waals surface area contributed by atoms with Crippen molar-refractivity contribution in [2.45, 2.75) is 81.3 Å². The highest BCUT2D eigenvalue weighted by Gasteiger charge is 2.29. The van der Waals surface area contributed by atoms with E-state index >= 15 is 0 Å². The Morgan fingerprint density at radius 3 is 1.08 bits per heavy atom. The minimum absolute atomic E-state index is 0.113. The van der Waals surface area contributed by atoms with Crippen LogP contribution >= 0.6 is 0 Å².